The molecule has 1 fully saturated rings. The summed E-state index contributed by atoms with van der Waals surface area (Å²) in [5.41, 5.74) is 8.22. The van der Waals surface area contributed by atoms with E-state index in [1.165, 1.54) is 7.11 Å². The maximum atomic E-state index is 9.44. The van der Waals surface area contributed by atoms with E-state index in [-0.39, 0.29) is 5.76 Å². The van der Waals surface area contributed by atoms with Gasteiger partial charge in [-0.3, -0.25) is 0 Å². The lowest BCUT2D eigenvalue weighted by molar-refractivity contribution is -0.142. The van der Waals surface area contributed by atoms with E-state index in [9.17, 15) is 5.11 Å². The highest BCUT2D eigenvalue weighted by Gasteiger charge is 2.32. The zero-order valence-corrected chi connectivity index (χ0v) is 7.25. The lowest BCUT2D eigenvalue weighted by atomic mass is 10.0. The fourth-order valence-electron chi connectivity index (χ4n) is 1.15. The molecule has 6 heteroatoms. The molecule has 1 heterocycles. The Morgan fingerprint density at radius 3 is 3.08 bits per heavy atom. The van der Waals surface area contributed by atoms with Crippen LogP contribution in [0, 0.1) is 0 Å². The van der Waals surface area contributed by atoms with Gasteiger partial charge < -0.3 is 14.6 Å². The van der Waals surface area contributed by atoms with E-state index in [4.69, 9.17) is 15.0 Å². The first-order chi connectivity index (χ1) is 6.19. The third-order valence-electron chi connectivity index (χ3n) is 1.87. The Kier molecular flexibility index (Phi) is 3.13. The van der Waals surface area contributed by atoms with Crippen molar-refractivity contribution in [2.45, 2.75) is 24.9 Å². The Hall–Kier alpha value is -1.23. The molecule has 13 heavy (non-hydrogen) atoms. The van der Waals surface area contributed by atoms with Gasteiger partial charge in [-0.15, -0.1) is 0 Å². The van der Waals surface area contributed by atoms with E-state index in [0.717, 1.165) is 0 Å². The average molecular weight is 185 g/mol. The van der Waals surface area contributed by atoms with E-state index >= 15 is 0 Å². The highest BCUT2D eigenvalue weighted by molar-refractivity contribution is 5.02. The van der Waals surface area contributed by atoms with Gasteiger partial charge in [-0.1, -0.05) is 11.7 Å². The van der Waals surface area contributed by atoms with E-state index in [1.807, 2.05) is 0 Å². The van der Waals surface area contributed by atoms with Crippen LogP contribution >= 0.6 is 0 Å². The summed E-state index contributed by atoms with van der Waals surface area (Å²) in [5, 5.41) is 12.9. The molecule has 0 spiro atoms. The largest absolute Gasteiger partial charge is 0.467 e. The molecule has 1 rings (SSSR count). The molecule has 1 saturated heterocycles. The van der Waals surface area contributed by atoms with Crippen LogP contribution in [-0.2, 0) is 9.47 Å². The number of hydrogen-bond donors (Lipinski definition) is 1. The molecule has 0 aromatic heterocycles. The minimum atomic E-state index is -0.942. The minimum absolute atomic E-state index is 0.176. The first-order valence-electron chi connectivity index (χ1n) is 3.79. The van der Waals surface area contributed by atoms with Gasteiger partial charge in [0.15, 0.2) is 6.29 Å². The number of aliphatic hydroxyl groups excluding tert-OH is 1. The molecule has 0 aliphatic carbocycles. The van der Waals surface area contributed by atoms with Crippen LogP contribution in [-0.4, -0.2) is 30.7 Å². The van der Waals surface area contributed by atoms with Gasteiger partial charge in [0.1, 0.15) is 11.9 Å². The zero-order valence-electron chi connectivity index (χ0n) is 7.25. The predicted octanol–water partition coefficient (Wildman–Crippen LogP) is 0.933. The molecule has 72 valence electrons. The maximum Gasteiger partial charge on any atom is 0.199 e. The van der Waals surface area contributed by atoms with Crippen LogP contribution < -0.4 is 0 Å². The second-order valence-electron chi connectivity index (χ2n) is 2.70. The van der Waals surface area contributed by atoms with Gasteiger partial charge in [-0.2, -0.15) is 0 Å². The topological polar surface area (TPSA) is 87.5 Å². The molecule has 1 aliphatic rings. The smallest absolute Gasteiger partial charge is 0.199 e. The van der Waals surface area contributed by atoms with Crippen LogP contribution in [0.2, 0.25) is 0 Å². The molecule has 0 aromatic carbocycles. The zero-order chi connectivity index (χ0) is 9.84. The van der Waals surface area contributed by atoms with Crippen LogP contribution in [0.25, 0.3) is 10.4 Å². The molecular weight excluding hydrogens is 174 g/mol. The number of rotatable bonds is 2. The minimum Gasteiger partial charge on any atom is -0.467 e. The molecule has 6 nitrogen and oxygen atoms in total. The van der Waals surface area contributed by atoms with Crippen molar-refractivity contribution in [2.75, 3.05) is 7.11 Å². The number of aliphatic hydroxyl groups is 1. The van der Waals surface area contributed by atoms with Crippen molar-refractivity contribution in [3.63, 3.8) is 0 Å². The maximum absolute atomic E-state index is 9.44. The van der Waals surface area contributed by atoms with Crippen molar-refractivity contribution in [3.05, 3.63) is 22.8 Å². The predicted molar refractivity (Wildman–Crippen MR) is 44.6 cm³/mol. The van der Waals surface area contributed by atoms with Crippen LogP contribution in [0.4, 0.5) is 0 Å². The van der Waals surface area contributed by atoms with Gasteiger partial charge in [-0.25, -0.2) is 0 Å². The summed E-state index contributed by atoms with van der Waals surface area (Å²) in [5.74, 6) is 0.176. The van der Waals surface area contributed by atoms with E-state index in [0.29, 0.717) is 6.42 Å². The normalized spacial score (nSPS) is 33.4. The number of nitrogens with zero attached hydrogens (tertiary/aromatic N) is 3. The summed E-state index contributed by atoms with van der Waals surface area (Å²) in [6.45, 7) is 3.49. The standard InChI is InChI=1S/C7H11N3O3/c1-4-7(11)5(9-10-8)3-6(12-2)13-4/h5-7,11H,1,3H2,2H3. The van der Waals surface area contributed by atoms with Crippen molar-refractivity contribution >= 4 is 0 Å². The van der Waals surface area contributed by atoms with Gasteiger partial charge in [0.25, 0.3) is 0 Å². The summed E-state index contributed by atoms with van der Waals surface area (Å²) >= 11 is 0. The van der Waals surface area contributed by atoms with Crippen molar-refractivity contribution in [3.8, 4) is 0 Å². The third kappa shape index (κ3) is 2.12. The second kappa shape index (κ2) is 4.13. The molecule has 0 radical (unpaired) electrons. The van der Waals surface area contributed by atoms with Gasteiger partial charge in [0.2, 0.25) is 0 Å². The highest BCUT2D eigenvalue weighted by atomic mass is 16.7. The Bertz CT molecular complexity index is 249. The molecule has 0 aromatic rings. The van der Waals surface area contributed by atoms with Crippen molar-refractivity contribution in [1.82, 2.24) is 0 Å². The molecule has 0 amide bonds. The van der Waals surface area contributed by atoms with Crippen molar-refractivity contribution < 1.29 is 14.6 Å². The molecule has 1 N–H and O–H groups in total. The van der Waals surface area contributed by atoms with E-state index in [2.05, 4.69) is 16.6 Å². The monoisotopic (exact) mass is 185 g/mol. The first kappa shape index (κ1) is 9.85. The Balaban J connectivity index is 2.71. The van der Waals surface area contributed by atoms with Crippen LogP contribution in [0.15, 0.2) is 17.5 Å². The van der Waals surface area contributed by atoms with E-state index < -0.39 is 18.4 Å². The fraction of sp³-hybridized carbons (Fsp3) is 0.714. The Labute approximate surface area is 75.4 Å². The summed E-state index contributed by atoms with van der Waals surface area (Å²) < 4.78 is 9.98. The molecule has 0 saturated carbocycles. The van der Waals surface area contributed by atoms with Crippen LogP contribution in [0.5, 0.6) is 0 Å². The van der Waals surface area contributed by atoms with Crippen LogP contribution in [0.1, 0.15) is 6.42 Å². The lowest BCUT2D eigenvalue weighted by Crippen LogP contribution is -2.38. The van der Waals surface area contributed by atoms with Crippen molar-refractivity contribution in [2.24, 2.45) is 5.11 Å². The average Bonchev–Trinajstić information content (AvgIpc) is 2.13. The van der Waals surface area contributed by atoms with Crippen molar-refractivity contribution in [1.29, 1.82) is 0 Å². The summed E-state index contributed by atoms with van der Waals surface area (Å²) in [6, 6.07) is -0.559. The summed E-state index contributed by atoms with van der Waals surface area (Å²) in [6.07, 6.45) is -1.10. The second-order valence-corrected chi connectivity index (χ2v) is 2.70. The Morgan fingerprint density at radius 1 is 1.85 bits per heavy atom. The Morgan fingerprint density at radius 2 is 2.54 bits per heavy atom. The van der Waals surface area contributed by atoms with Gasteiger partial charge >= 0.3 is 0 Å². The third-order valence-corrected chi connectivity index (χ3v) is 1.87. The molecular formula is C7H11N3O3. The lowest BCUT2D eigenvalue weighted by Gasteiger charge is -2.31. The quantitative estimate of drug-likeness (QED) is 0.394. The fourth-order valence-corrected chi connectivity index (χ4v) is 1.15. The summed E-state index contributed by atoms with van der Waals surface area (Å²) in [4.78, 5) is 2.63. The first-order valence-corrected chi connectivity index (χ1v) is 3.79. The number of methoxy groups -OCH3 is 1. The molecule has 3 unspecified atom stereocenters. The number of ether oxygens (including phenoxy) is 2. The summed E-state index contributed by atoms with van der Waals surface area (Å²) in [7, 11) is 1.47. The van der Waals surface area contributed by atoms with Gasteiger partial charge in [0, 0.05) is 18.4 Å². The van der Waals surface area contributed by atoms with Gasteiger partial charge in [-0.05, 0) is 5.53 Å². The molecule has 3 atom stereocenters. The highest BCUT2D eigenvalue weighted by Crippen LogP contribution is 2.24. The number of azide groups is 1. The van der Waals surface area contributed by atoms with E-state index in [1.54, 1.807) is 0 Å². The number of hydrogen-bond acceptors (Lipinski definition) is 4. The molecule has 1 aliphatic heterocycles. The van der Waals surface area contributed by atoms with Crippen LogP contribution in [0.3, 0.4) is 0 Å². The molecule has 0 bridgehead atoms. The van der Waals surface area contributed by atoms with Gasteiger partial charge in [0.05, 0.1) is 6.04 Å². The SMILES string of the molecule is C=C1OC(OC)CC(N=[N+]=[N-])C1O.